The third kappa shape index (κ3) is 2.55. The summed E-state index contributed by atoms with van der Waals surface area (Å²) < 4.78 is 10.9. The normalized spacial score (nSPS) is 41.4. The Morgan fingerprint density at radius 2 is 1.75 bits per heavy atom. The molecule has 1 aliphatic heterocycles. The highest BCUT2D eigenvalue weighted by Gasteiger charge is 2.43. The van der Waals surface area contributed by atoms with Crippen molar-refractivity contribution in [2.75, 3.05) is 6.61 Å². The Bertz CT molecular complexity index is 216. The molecule has 1 aliphatic carbocycles. The molecule has 2 aliphatic rings. The Balaban J connectivity index is 1.85. The van der Waals surface area contributed by atoms with E-state index in [0.29, 0.717) is 0 Å². The minimum absolute atomic E-state index is 0.109. The van der Waals surface area contributed by atoms with Crippen molar-refractivity contribution in [1.82, 2.24) is 0 Å². The zero-order valence-corrected chi connectivity index (χ0v) is 9.29. The molecule has 0 amide bonds. The van der Waals surface area contributed by atoms with Gasteiger partial charge in [0.05, 0.1) is 12.7 Å². The highest BCUT2D eigenvalue weighted by molar-refractivity contribution is 4.86. The minimum atomic E-state index is -1.06. The van der Waals surface area contributed by atoms with Crippen LogP contribution in [0.25, 0.3) is 0 Å². The third-order valence-corrected chi connectivity index (χ3v) is 3.38. The second kappa shape index (κ2) is 5.42. The topological polar surface area (TPSA) is 79.2 Å². The molecular weight excluding hydrogens is 212 g/mol. The van der Waals surface area contributed by atoms with Gasteiger partial charge in [-0.2, -0.15) is 0 Å². The average Bonchev–Trinajstić information content (AvgIpc) is 2.58. The van der Waals surface area contributed by atoms with E-state index in [1.54, 1.807) is 0 Å². The van der Waals surface area contributed by atoms with Crippen molar-refractivity contribution >= 4 is 0 Å². The molecule has 1 saturated carbocycles. The van der Waals surface area contributed by atoms with Crippen LogP contribution in [-0.4, -0.2) is 52.6 Å². The van der Waals surface area contributed by atoms with Crippen LogP contribution in [0, 0.1) is 0 Å². The Labute approximate surface area is 95.0 Å². The fourth-order valence-corrected chi connectivity index (χ4v) is 2.37. The van der Waals surface area contributed by atoms with E-state index in [1.165, 1.54) is 6.42 Å². The summed E-state index contributed by atoms with van der Waals surface area (Å²) in [5.74, 6) is 0. The van der Waals surface area contributed by atoms with Gasteiger partial charge in [-0.15, -0.1) is 0 Å². The summed E-state index contributed by atoms with van der Waals surface area (Å²) >= 11 is 0. The zero-order chi connectivity index (χ0) is 11.5. The molecule has 16 heavy (non-hydrogen) atoms. The molecular formula is C11H20O5. The Morgan fingerprint density at radius 1 is 1.06 bits per heavy atom. The summed E-state index contributed by atoms with van der Waals surface area (Å²) in [5, 5.41) is 28.1. The Kier molecular flexibility index (Phi) is 4.16. The Hall–Kier alpha value is -0.200. The van der Waals surface area contributed by atoms with Crippen LogP contribution in [0.3, 0.4) is 0 Å². The van der Waals surface area contributed by atoms with Crippen LogP contribution in [0.15, 0.2) is 0 Å². The van der Waals surface area contributed by atoms with Gasteiger partial charge in [-0.05, 0) is 12.8 Å². The molecule has 5 heteroatoms. The second-order valence-electron chi connectivity index (χ2n) is 4.60. The minimum Gasteiger partial charge on any atom is -0.394 e. The molecule has 1 heterocycles. The summed E-state index contributed by atoms with van der Waals surface area (Å²) in [6, 6.07) is 0. The van der Waals surface area contributed by atoms with Crippen molar-refractivity contribution in [2.24, 2.45) is 0 Å². The van der Waals surface area contributed by atoms with E-state index in [-0.39, 0.29) is 12.7 Å². The number of rotatable bonds is 3. The van der Waals surface area contributed by atoms with Gasteiger partial charge in [-0.3, -0.25) is 0 Å². The molecule has 0 spiro atoms. The van der Waals surface area contributed by atoms with E-state index >= 15 is 0 Å². The van der Waals surface area contributed by atoms with Gasteiger partial charge >= 0.3 is 0 Å². The van der Waals surface area contributed by atoms with Gasteiger partial charge in [0.15, 0.2) is 6.29 Å². The predicted molar refractivity (Wildman–Crippen MR) is 55.7 cm³/mol. The number of ether oxygens (including phenoxy) is 2. The maximum absolute atomic E-state index is 9.68. The molecule has 1 unspecified atom stereocenters. The largest absolute Gasteiger partial charge is 0.394 e. The van der Waals surface area contributed by atoms with Crippen molar-refractivity contribution in [3.8, 4) is 0 Å². The van der Waals surface area contributed by atoms with Gasteiger partial charge in [0, 0.05) is 0 Å². The van der Waals surface area contributed by atoms with Gasteiger partial charge in [0.25, 0.3) is 0 Å². The van der Waals surface area contributed by atoms with E-state index in [0.717, 1.165) is 25.7 Å². The first-order valence-corrected chi connectivity index (χ1v) is 6.00. The van der Waals surface area contributed by atoms with Crippen molar-refractivity contribution in [1.29, 1.82) is 0 Å². The molecule has 2 rings (SSSR count). The second-order valence-corrected chi connectivity index (χ2v) is 4.60. The summed E-state index contributed by atoms with van der Waals surface area (Å²) in [6.07, 6.45) is 1.93. The lowest BCUT2D eigenvalue weighted by atomic mass is 9.98. The quantitative estimate of drug-likeness (QED) is 0.626. The lowest BCUT2D eigenvalue weighted by Gasteiger charge is -2.26. The molecule has 0 bridgehead atoms. The molecule has 1 saturated heterocycles. The predicted octanol–water partition coefficient (Wildman–Crippen LogP) is -0.225. The molecule has 2 fully saturated rings. The van der Waals surface area contributed by atoms with E-state index in [1.807, 2.05) is 0 Å². The van der Waals surface area contributed by atoms with Crippen LogP contribution in [0.2, 0.25) is 0 Å². The van der Waals surface area contributed by atoms with Gasteiger partial charge in [0.1, 0.15) is 18.3 Å². The zero-order valence-electron chi connectivity index (χ0n) is 9.29. The van der Waals surface area contributed by atoms with Crippen LogP contribution in [0.5, 0.6) is 0 Å². The van der Waals surface area contributed by atoms with E-state index in [4.69, 9.17) is 14.6 Å². The van der Waals surface area contributed by atoms with Crippen molar-refractivity contribution in [3.63, 3.8) is 0 Å². The number of aliphatic hydroxyl groups excluding tert-OH is 3. The first kappa shape index (κ1) is 12.3. The summed E-state index contributed by atoms with van der Waals surface area (Å²) in [4.78, 5) is 0. The smallest absolute Gasteiger partial charge is 0.186 e. The molecule has 0 radical (unpaired) electrons. The fourth-order valence-electron chi connectivity index (χ4n) is 2.37. The van der Waals surface area contributed by atoms with Crippen LogP contribution in [0.1, 0.15) is 32.1 Å². The van der Waals surface area contributed by atoms with Gasteiger partial charge < -0.3 is 24.8 Å². The van der Waals surface area contributed by atoms with Crippen LogP contribution >= 0.6 is 0 Å². The molecule has 4 atom stereocenters. The van der Waals surface area contributed by atoms with Crippen molar-refractivity contribution in [2.45, 2.75) is 62.8 Å². The first-order valence-electron chi connectivity index (χ1n) is 6.00. The molecule has 3 N–H and O–H groups in total. The monoisotopic (exact) mass is 232 g/mol. The molecule has 0 aromatic heterocycles. The van der Waals surface area contributed by atoms with Gasteiger partial charge in [-0.25, -0.2) is 0 Å². The van der Waals surface area contributed by atoms with Crippen molar-refractivity contribution in [3.05, 3.63) is 0 Å². The van der Waals surface area contributed by atoms with Crippen LogP contribution in [0.4, 0.5) is 0 Å². The van der Waals surface area contributed by atoms with E-state index < -0.39 is 24.6 Å². The Morgan fingerprint density at radius 3 is 2.31 bits per heavy atom. The highest BCUT2D eigenvalue weighted by atomic mass is 16.7. The lowest BCUT2D eigenvalue weighted by molar-refractivity contribution is -0.198. The lowest BCUT2D eigenvalue weighted by Crippen LogP contribution is -2.36. The number of hydrogen-bond acceptors (Lipinski definition) is 5. The fraction of sp³-hybridized carbons (Fsp3) is 1.00. The summed E-state index contributed by atoms with van der Waals surface area (Å²) in [5.41, 5.74) is 0. The van der Waals surface area contributed by atoms with Gasteiger partial charge in [-0.1, -0.05) is 19.3 Å². The van der Waals surface area contributed by atoms with Crippen LogP contribution < -0.4 is 0 Å². The molecule has 94 valence electrons. The number of aliphatic hydroxyl groups is 3. The van der Waals surface area contributed by atoms with E-state index in [2.05, 4.69) is 0 Å². The molecule has 5 nitrogen and oxygen atoms in total. The standard InChI is InChI=1S/C11H20O5/c12-6-8-9(13)10(14)11(16-8)15-7-4-2-1-3-5-7/h7-14H,1-6H2/t8-,9-,10+,11?/m1/s1. The third-order valence-electron chi connectivity index (χ3n) is 3.38. The number of hydrogen-bond donors (Lipinski definition) is 3. The maximum Gasteiger partial charge on any atom is 0.186 e. The first-order chi connectivity index (χ1) is 7.72. The molecule has 0 aromatic rings. The average molecular weight is 232 g/mol. The van der Waals surface area contributed by atoms with Crippen LogP contribution in [-0.2, 0) is 9.47 Å². The van der Waals surface area contributed by atoms with Crippen molar-refractivity contribution < 1.29 is 24.8 Å². The SMILES string of the molecule is OC[C@H]1OC(OC2CCCCC2)[C@@H](O)[C@@H]1O. The van der Waals surface area contributed by atoms with E-state index in [9.17, 15) is 10.2 Å². The highest BCUT2D eigenvalue weighted by Crippen LogP contribution is 2.27. The van der Waals surface area contributed by atoms with Gasteiger partial charge in [0.2, 0.25) is 0 Å². The summed E-state index contributed by atoms with van der Waals surface area (Å²) in [6.45, 7) is -0.303. The summed E-state index contributed by atoms with van der Waals surface area (Å²) in [7, 11) is 0. The maximum atomic E-state index is 9.68. The molecule has 0 aromatic carbocycles.